The molecule has 3 heteroatoms. The fourth-order valence-electron chi connectivity index (χ4n) is 0.558. The number of hydrogen-bond donors (Lipinski definition) is 1. The van der Waals surface area contributed by atoms with Gasteiger partial charge in [0, 0.05) is 19.1 Å². The molecule has 1 amide bonds. The summed E-state index contributed by atoms with van der Waals surface area (Å²) in [7, 11) is 2.04. The highest BCUT2D eigenvalue weighted by molar-refractivity contribution is 5.45. The van der Waals surface area contributed by atoms with Gasteiger partial charge in [0.2, 0.25) is 6.41 Å². The number of carbonyl (C=O) groups is 1. The number of rotatable bonds is 5. The molecule has 0 heterocycles. The fourth-order valence-corrected chi connectivity index (χ4v) is 0.558. The van der Waals surface area contributed by atoms with Gasteiger partial charge in [-0.15, -0.1) is 0 Å². The van der Waals surface area contributed by atoms with Crippen LogP contribution in [0.15, 0.2) is 0 Å². The largest absolute Gasteiger partial charge is 0.357 e. The molecule has 0 saturated carbocycles. The molecule has 0 aromatic heterocycles. The van der Waals surface area contributed by atoms with E-state index >= 15 is 0 Å². The van der Waals surface area contributed by atoms with Crippen LogP contribution in [0.4, 0.5) is 0 Å². The van der Waals surface area contributed by atoms with E-state index in [1.165, 1.54) is 0 Å². The standard InChI is InChI=1S/C7H16N2O/c1-7(2)9(3)5-4-8-6-10/h6-7H,4-5H2,1-3H3,(H,8,10). The molecule has 0 rings (SSSR count). The number of likely N-dealkylation sites (N-methyl/N-ethyl adjacent to an activating group) is 1. The first-order chi connectivity index (χ1) is 4.68. The van der Waals surface area contributed by atoms with Gasteiger partial charge in [-0.2, -0.15) is 0 Å². The van der Waals surface area contributed by atoms with E-state index in [1.54, 1.807) is 0 Å². The molecule has 1 N–H and O–H groups in total. The highest BCUT2D eigenvalue weighted by Crippen LogP contribution is 1.89. The second-order valence-corrected chi connectivity index (χ2v) is 2.65. The molecule has 0 unspecified atom stereocenters. The molecule has 0 aliphatic heterocycles. The lowest BCUT2D eigenvalue weighted by molar-refractivity contribution is -0.109. The van der Waals surface area contributed by atoms with Gasteiger partial charge in [0.1, 0.15) is 0 Å². The van der Waals surface area contributed by atoms with E-state index in [0.717, 1.165) is 19.5 Å². The molecule has 0 saturated heterocycles. The Morgan fingerprint density at radius 2 is 2.20 bits per heavy atom. The summed E-state index contributed by atoms with van der Waals surface area (Å²) in [6, 6.07) is 0.549. The van der Waals surface area contributed by atoms with Crippen LogP contribution >= 0.6 is 0 Å². The van der Waals surface area contributed by atoms with Gasteiger partial charge in [0.05, 0.1) is 0 Å². The summed E-state index contributed by atoms with van der Waals surface area (Å²) in [5.41, 5.74) is 0. The Balaban J connectivity index is 3.21. The van der Waals surface area contributed by atoms with Gasteiger partial charge >= 0.3 is 0 Å². The Kier molecular flexibility index (Phi) is 4.94. The van der Waals surface area contributed by atoms with Crippen molar-refractivity contribution in [1.82, 2.24) is 10.2 Å². The Labute approximate surface area is 62.4 Å². The van der Waals surface area contributed by atoms with Gasteiger partial charge in [0.25, 0.3) is 0 Å². The molecule has 0 aromatic carbocycles. The molecule has 0 atom stereocenters. The summed E-state index contributed by atoms with van der Waals surface area (Å²) >= 11 is 0. The van der Waals surface area contributed by atoms with E-state index in [4.69, 9.17) is 0 Å². The van der Waals surface area contributed by atoms with Crippen LogP contribution in [-0.4, -0.2) is 37.5 Å². The monoisotopic (exact) mass is 144 g/mol. The lowest BCUT2D eigenvalue weighted by Crippen LogP contribution is -2.33. The van der Waals surface area contributed by atoms with Gasteiger partial charge in [-0.25, -0.2) is 0 Å². The topological polar surface area (TPSA) is 32.3 Å². The van der Waals surface area contributed by atoms with E-state index in [-0.39, 0.29) is 0 Å². The van der Waals surface area contributed by atoms with Crippen LogP contribution in [0.25, 0.3) is 0 Å². The molecule has 0 spiro atoms. The zero-order valence-corrected chi connectivity index (χ0v) is 6.92. The van der Waals surface area contributed by atoms with Crippen molar-refractivity contribution in [3.63, 3.8) is 0 Å². The Morgan fingerprint density at radius 1 is 1.60 bits per heavy atom. The number of amides is 1. The van der Waals surface area contributed by atoms with E-state index < -0.39 is 0 Å². The average Bonchev–Trinajstić information content (AvgIpc) is 1.88. The number of carbonyl (C=O) groups excluding carboxylic acids is 1. The Hall–Kier alpha value is -0.570. The van der Waals surface area contributed by atoms with Gasteiger partial charge in [-0.1, -0.05) is 0 Å². The van der Waals surface area contributed by atoms with E-state index in [2.05, 4.69) is 24.1 Å². The van der Waals surface area contributed by atoms with Crippen LogP contribution in [0.3, 0.4) is 0 Å². The van der Waals surface area contributed by atoms with Gasteiger partial charge < -0.3 is 10.2 Å². The predicted octanol–water partition coefficient (Wildman–Crippen LogP) is 0.0726. The van der Waals surface area contributed by atoms with Crippen LogP contribution in [0, 0.1) is 0 Å². The van der Waals surface area contributed by atoms with Crippen LogP contribution < -0.4 is 5.32 Å². The number of nitrogens with one attached hydrogen (secondary N) is 1. The minimum absolute atomic E-state index is 0.549. The third-order valence-electron chi connectivity index (χ3n) is 1.57. The second kappa shape index (κ2) is 5.23. The van der Waals surface area contributed by atoms with Crippen molar-refractivity contribution < 1.29 is 4.79 Å². The van der Waals surface area contributed by atoms with Gasteiger partial charge in [-0.3, -0.25) is 4.79 Å². The molecule has 10 heavy (non-hydrogen) atoms. The minimum Gasteiger partial charge on any atom is -0.357 e. The average molecular weight is 144 g/mol. The molecular formula is C7H16N2O. The highest BCUT2D eigenvalue weighted by atomic mass is 16.1. The van der Waals surface area contributed by atoms with Crippen LogP contribution in [0.5, 0.6) is 0 Å². The van der Waals surface area contributed by atoms with E-state index in [0.29, 0.717) is 6.04 Å². The summed E-state index contributed by atoms with van der Waals surface area (Å²) in [6.07, 6.45) is 0.730. The number of hydrogen-bond acceptors (Lipinski definition) is 2. The minimum atomic E-state index is 0.549. The maximum atomic E-state index is 9.83. The molecule has 3 nitrogen and oxygen atoms in total. The molecule has 0 aromatic rings. The van der Waals surface area contributed by atoms with Crippen LogP contribution in [0.2, 0.25) is 0 Å². The quantitative estimate of drug-likeness (QED) is 0.437. The smallest absolute Gasteiger partial charge is 0.207 e. The maximum Gasteiger partial charge on any atom is 0.207 e. The summed E-state index contributed by atoms with van der Waals surface area (Å²) < 4.78 is 0. The fraction of sp³-hybridized carbons (Fsp3) is 0.857. The summed E-state index contributed by atoms with van der Waals surface area (Å²) in [4.78, 5) is 12.0. The Bertz CT molecular complexity index is 93.6. The molecule has 0 aliphatic carbocycles. The Morgan fingerprint density at radius 3 is 2.60 bits per heavy atom. The summed E-state index contributed by atoms with van der Waals surface area (Å²) in [5, 5.41) is 2.61. The highest BCUT2D eigenvalue weighted by Gasteiger charge is 2.00. The van der Waals surface area contributed by atoms with Crippen molar-refractivity contribution in [2.24, 2.45) is 0 Å². The van der Waals surface area contributed by atoms with Crippen molar-refractivity contribution in [1.29, 1.82) is 0 Å². The van der Waals surface area contributed by atoms with Crippen molar-refractivity contribution in [2.75, 3.05) is 20.1 Å². The van der Waals surface area contributed by atoms with Crippen LogP contribution in [-0.2, 0) is 4.79 Å². The maximum absolute atomic E-state index is 9.83. The number of nitrogens with zero attached hydrogens (tertiary/aromatic N) is 1. The van der Waals surface area contributed by atoms with Crippen molar-refractivity contribution in [3.8, 4) is 0 Å². The molecule has 0 aliphatic rings. The summed E-state index contributed by atoms with van der Waals surface area (Å²) in [5.74, 6) is 0. The first-order valence-electron chi connectivity index (χ1n) is 3.55. The molecule has 0 bridgehead atoms. The lowest BCUT2D eigenvalue weighted by Gasteiger charge is -2.20. The zero-order chi connectivity index (χ0) is 7.98. The van der Waals surface area contributed by atoms with Crippen LogP contribution in [0.1, 0.15) is 13.8 Å². The SMILES string of the molecule is CC(C)N(C)CCNC=O. The van der Waals surface area contributed by atoms with Crippen molar-refractivity contribution in [3.05, 3.63) is 0 Å². The van der Waals surface area contributed by atoms with E-state index in [9.17, 15) is 4.79 Å². The molecule has 0 radical (unpaired) electrons. The van der Waals surface area contributed by atoms with E-state index in [1.807, 2.05) is 7.05 Å². The van der Waals surface area contributed by atoms with Crippen molar-refractivity contribution in [2.45, 2.75) is 19.9 Å². The van der Waals surface area contributed by atoms with Crippen molar-refractivity contribution >= 4 is 6.41 Å². The summed E-state index contributed by atoms with van der Waals surface area (Å²) in [6.45, 7) is 5.90. The zero-order valence-electron chi connectivity index (χ0n) is 6.92. The first-order valence-corrected chi connectivity index (χ1v) is 3.55. The normalized spacial score (nSPS) is 10.5. The second-order valence-electron chi connectivity index (χ2n) is 2.65. The molecular weight excluding hydrogens is 128 g/mol. The third kappa shape index (κ3) is 4.32. The van der Waals surface area contributed by atoms with Gasteiger partial charge in [0.15, 0.2) is 0 Å². The lowest BCUT2D eigenvalue weighted by atomic mass is 10.3. The first kappa shape index (κ1) is 9.43. The third-order valence-corrected chi connectivity index (χ3v) is 1.57. The molecule has 60 valence electrons. The molecule has 0 fully saturated rings. The van der Waals surface area contributed by atoms with Gasteiger partial charge in [-0.05, 0) is 20.9 Å². The predicted molar refractivity (Wildman–Crippen MR) is 41.8 cm³/mol.